The van der Waals surface area contributed by atoms with Crippen LogP contribution >= 0.6 is 0 Å². The second kappa shape index (κ2) is 4.75. The molecule has 0 saturated carbocycles. The molecule has 0 aromatic heterocycles. The highest BCUT2D eigenvalue weighted by Crippen LogP contribution is 2.01. The lowest BCUT2D eigenvalue weighted by Crippen LogP contribution is -2.14. The Morgan fingerprint density at radius 2 is 1.43 bits per heavy atom. The van der Waals surface area contributed by atoms with E-state index in [0.29, 0.717) is 0 Å². The Balaban J connectivity index is 4.82. The van der Waals surface area contributed by atoms with E-state index in [9.17, 15) is 19.2 Å². The molecule has 0 radical (unpaired) electrons. The minimum Gasteiger partial charge on any atom is -0.481 e. The lowest BCUT2D eigenvalue weighted by atomic mass is 10.1. The number of carboxylic acid groups (broad SMARTS) is 3. The van der Waals surface area contributed by atoms with Gasteiger partial charge in [-0.3, -0.25) is 9.59 Å². The van der Waals surface area contributed by atoms with Crippen molar-refractivity contribution in [1.29, 1.82) is 0 Å². The average molecular weight is 202 g/mol. The van der Waals surface area contributed by atoms with E-state index in [4.69, 9.17) is 15.3 Å². The van der Waals surface area contributed by atoms with Crippen LogP contribution in [0, 0.1) is 0 Å². The summed E-state index contributed by atoms with van der Waals surface area (Å²) >= 11 is 0. The fraction of sp³-hybridized carbons (Fsp3) is 0.143. The molecular formula is C7H6O7. The highest BCUT2D eigenvalue weighted by molar-refractivity contribution is 6.38. The van der Waals surface area contributed by atoms with Crippen LogP contribution in [-0.4, -0.2) is 39.0 Å². The summed E-state index contributed by atoms with van der Waals surface area (Å²) in [7, 11) is 0. The molecule has 0 aliphatic carbocycles. The number of hydrogen-bond acceptors (Lipinski definition) is 4. The van der Waals surface area contributed by atoms with Crippen molar-refractivity contribution in [3.8, 4) is 0 Å². The summed E-state index contributed by atoms with van der Waals surface area (Å²) < 4.78 is 0. The van der Waals surface area contributed by atoms with E-state index in [0.717, 1.165) is 0 Å². The summed E-state index contributed by atoms with van der Waals surface area (Å²) in [5.74, 6) is -6.41. The first kappa shape index (κ1) is 11.8. The summed E-state index contributed by atoms with van der Waals surface area (Å²) in [5.41, 5.74) is -0.773. The van der Waals surface area contributed by atoms with Gasteiger partial charge in [-0.25, -0.2) is 9.59 Å². The third-order valence-corrected chi connectivity index (χ3v) is 1.13. The van der Waals surface area contributed by atoms with E-state index in [-0.39, 0.29) is 6.08 Å². The van der Waals surface area contributed by atoms with Gasteiger partial charge in [0.15, 0.2) is 0 Å². The lowest BCUT2D eigenvalue weighted by Gasteiger charge is -1.95. The van der Waals surface area contributed by atoms with Crippen molar-refractivity contribution in [3.05, 3.63) is 11.6 Å². The van der Waals surface area contributed by atoms with Crippen LogP contribution in [0.4, 0.5) is 0 Å². The molecule has 0 atom stereocenters. The maximum Gasteiger partial charge on any atom is 0.376 e. The van der Waals surface area contributed by atoms with Gasteiger partial charge in [0.05, 0.1) is 12.0 Å². The fourth-order valence-electron chi connectivity index (χ4n) is 0.571. The number of carboxylic acids is 3. The van der Waals surface area contributed by atoms with E-state index in [1.165, 1.54) is 0 Å². The second-order valence-electron chi connectivity index (χ2n) is 2.21. The number of ketones is 1. The first-order valence-corrected chi connectivity index (χ1v) is 3.27. The van der Waals surface area contributed by atoms with Crippen molar-refractivity contribution in [3.63, 3.8) is 0 Å². The van der Waals surface area contributed by atoms with Gasteiger partial charge in [0, 0.05) is 6.08 Å². The van der Waals surface area contributed by atoms with Crippen LogP contribution < -0.4 is 0 Å². The van der Waals surface area contributed by atoms with E-state index in [1.807, 2.05) is 0 Å². The number of aliphatic carboxylic acids is 3. The SMILES string of the molecule is O=C(O)C/C(=C/C(=O)C(=O)O)C(=O)O. The quantitative estimate of drug-likeness (QED) is 0.390. The van der Waals surface area contributed by atoms with Crippen LogP contribution in [0.15, 0.2) is 11.6 Å². The minimum atomic E-state index is -1.84. The maximum absolute atomic E-state index is 10.5. The zero-order valence-corrected chi connectivity index (χ0v) is 6.76. The molecule has 0 bridgehead atoms. The molecule has 0 unspecified atom stereocenters. The van der Waals surface area contributed by atoms with Gasteiger partial charge in [-0.15, -0.1) is 0 Å². The summed E-state index contributed by atoms with van der Waals surface area (Å²) in [4.78, 5) is 40.9. The van der Waals surface area contributed by atoms with Gasteiger partial charge in [-0.2, -0.15) is 0 Å². The molecule has 3 N–H and O–H groups in total. The number of rotatable bonds is 5. The predicted octanol–water partition coefficient (Wildman–Crippen LogP) is -0.874. The van der Waals surface area contributed by atoms with Crippen LogP contribution in [-0.2, 0) is 19.2 Å². The lowest BCUT2D eigenvalue weighted by molar-refractivity contribution is -0.147. The highest BCUT2D eigenvalue weighted by Gasteiger charge is 2.16. The van der Waals surface area contributed by atoms with Crippen molar-refractivity contribution in [1.82, 2.24) is 0 Å². The van der Waals surface area contributed by atoms with Crippen molar-refractivity contribution in [2.75, 3.05) is 0 Å². The minimum absolute atomic E-state index is 0.277. The van der Waals surface area contributed by atoms with Gasteiger partial charge < -0.3 is 15.3 Å². The monoisotopic (exact) mass is 202 g/mol. The van der Waals surface area contributed by atoms with Gasteiger partial charge in [0.25, 0.3) is 5.78 Å². The topological polar surface area (TPSA) is 129 Å². The van der Waals surface area contributed by atoms with E-state index in [2.05, 4.69) is 0 Å². The van der Waals surface area contributed by atoms with Gasteiger partial charge in [-0.1, -0.05) is 0 Å². The highest BCUT2D eigenvalue weighted by atomic mass is 16.4. The van der Waals surface area contributed by atoms with Crippen LogP contribution in [0.5, 0.6) is 0 Å². The van der Waals surface area contributed by atoms with Crippen molar-refractivity contribution >= 4 is 23.7 Å². The zero-order valence-electron chi connectivity index (χ0n) is 6.76. The standard InChI is InChI=1S/C7H6O7/c8-4(7(13)14)1-3(6(11)12)2-5(9)10/h1H,2H2,(H,9,10)(H,11,12)(H,13,14)/b3-1-. The Labute approximate surface area is 77.3 Å². The van der Waals surface area contributed by atoms with Gasteiger partial charge in [0.1, 0.15) is 0 Å². The Hall–Kier alpha value is -2.18. The first-order chi connectivity index (χ1) is 6.34. The van der Waals surface area contributed by atoms with Crippen LogP contribution in [0.2, 0.25) is 0 Å². The molecule has 7 heteroatoms. The number of hydrogen-bond donors (Lipinski definition) is 3. The smallest absolute Gasteiger partial charge is 0.376 e. The molecule has 0 heterocycles. The molecular weight excluding hydrogens is 196 g/mol. The molecule has 7 nitrogen and oxygen atoms in total. The van der Waals surface area contributed by atoms with Crippen molar-refractivity contribution in [2.24, 2.45) is 0 Å². The normalized spacial score (nSPS) is 10.7. The Morgan fingerprint density at radius 3 is 1.71 bits per heavy atom. The molecule has 76 valence electrons. The Morgan fingerprint density at radius 1 is 0.929 bits per heavy atom. The fourth-order valence-corrected chi connectivity index (χ4v) is 0.571. The summed E-state index contributed by atoms with van der Waals surface area (Å²) in [6.45, 7) is 0. The zero-order chi connectivity index (χ0) is 11.3. The first-order valence-electron chi connectivity index (χ1n) is 3.27. The van der Waals surface area contributed by atoms with Gasteiger partial charge >= 0.3 is 17.9 Å². The second-order valence-corrected chi connectivity index (χ2v) is 2.21. The van der Waals surface area contributed by atoms with Crippen molar-refractivity contribution in [2.45, 2.75) is 6.42 Å². The Bertz CT molecular complexity index is 325. The number of carbonyl (C=O) groups excluding carboxylic acids is 1. The molecule has 0 aromatic rings. The molecule has 0 aliphatic rings. The largest absolute Gasteiger partial charge is 0.481 e. The molecule has 0 aliphatic heterocycles. The molecule has 0 rings (SSSR count). The molecule has 0 amide bonds. The predicted molar refractivity (Wildman–Crippen MR) is 40.6 cm³/mol. The summed E-state index contributed by atoms with van der Waals surface area (Å²) in [6.07, 6.45) is -0.632. The third kappa shape index (κ3) is 4.00. The van der Waals surface area contributed by atoms with Gasteiger partial charge in [-0.05, 0) is 0 Å². The molecule has 14 heavy (non-hydrogen) atoms. The van der Waals surface area contributed by atoms with E-state index < -0.39 is 35.7 Å². The average Bonchev–Trinajstić information content (AvgIpc) is 2.01. The molecule has 0 spiro atoms. The maximum atomic E-state index is 10.5. The van der Waals surface area contributed by atoms with Gasteiger partial charge in [0.2, 0.25) is 0 Å². The van der Waals surface area contributed by atoms with E-state index in [1.54, 1.807) is 0 Å². The van der Waals surface area contributed by atoms with Crippen LogP contribution in [0.3, 0.4) is 0 Å². The summed E-state index contributed by atoms with van der Waals surface area (Å²) in [6, 6.07) is 0. The molecule has 0 saturated heterocycles. The van der Waals surface area contributed by atoms with Crippen molar-refractivity contribution < 1.29 is 34.5 Å². The molecule has 0 fully saturated rings. The van der Waals surface area contributed by atoms with Crippen LogP contribution in [0.1, 0.15) is 6.42 Å². The third-order valence-electron chi connectivity index (χ3n) is 1.13. The molecule has 0 aromatic carbocycles. The number of carbonyl (C=O) groups is 4. The van der Waals surface area contributed by atoms with E-state index >= 15 is 0 Å². The summed E-state index contributed by atoms with van der Waals surface area (Å²) in [5, 5.41) is 24.7. The van der Waals surface area contributed by atoms with Crippen LogP contribution in [0.25, 0.3) is 0 Å². The Kier molecular flexibility index (Phi) is 4.01.